The van der Waals surface area contributed by atoms with Gasteiger partial charge in [0.15, 0.2) is 5.96 Å². The largest absolute Gasteiger partial charge is 0.381 e. The number of ether oxygens (including phenoxy) is 1. The molecule has 3 atom stereocenters. The minimum Gasteiger partial charge on any atom is -0.381 e. The number of thioether (sulfide) groups is 1. The summed E-state index contributed by atoms with van der Waals surface area (Å²) in [5.41, 5.74) is 0. The van der Waals surface area contributed by atoms with Gasteiger partial charge in [-0.2, -0.15) is 11.8 Å². The van der Waals surface area contributed by atoms with Gasteiger partial charge in [-0.25, -0.2) is 4.99 Å². The van der Waals surface area contributed by atoms with Crippen LogP contribution in [0.2, 0.25) is 0 Å². The Morgan fingerprint density at radius 1 is 1.32 bits per heavy atom. The number of aliphatic imine (C=N–C) groups is 1. The molecule has 1 saturated carbocycles. The highest BCUT2D eigenvalue weighted by atomic mass is 32.2. The molecule has 0 radical (unpaired) electrons. The van der Waals surface area contributed by atoms with E-state index in [1.54, 1.807) is 19.0 Å². The number of carbonyl (C=O) groups is 1. The molecule has 2 rings (SSSR count). The van der Waals surface area contributed by atoms with Crippen LogP contribution < -0.4 is 10.6 Å². The lowest BCUT2D eigenvalue weighted by molar-refractivity contribution is -0.127. The van der Waals surface area contributed by atoms with Gasteiger partial charge < -0.3 is 20.3 Å². The second-order valence-corrected chi connectivity index (χ2v) is 8.73. The van der Waals surface area contributed by atoms with Gasteiger partial charge in [-0.1, -0.05) is 13.3 Å². The molecule has 1 aliphatic heterocycles. The highest BCUT2D eigenvalue weighted by Crippen LogP contribution is 2.28. The minimum atomic E-state index is 0.0216. The summed E-state index contributed by atoms with van der Waals surface area (Å²) >= 11 is 2.06. The second kappa shape index (κ2) is 10.9. The first-order chi connectivity index (χ1) is 12.1. The Morgan fingerprint density at radius 3 is 2.84 bits per heavy atom. The van der Waals surface area contributed by atoms with Gasteiger partial charge in [0.2, 0.25) is 5.91 Å². The fourth-order valence-electron chi connectivity index (χ4n) is 3.28. The van der Waals surface area contributed by atoms with E-state index in [1.165, 1.54) is 31.4 Å². The quantitative estimate of drug-likeness (QED) is 0.528. The number of hydrogen-bond acceptors (Lipinski definition) is 4. The molecule has 0 bridgehead atoms. The molecule has 1 aliphatic carbocycles. The Labute approximate surface area is 156 Å². The molecular weight excluding hydrogens is 336 g/mol. The van der Waals surface area contributed by atoms with Gasteiger partial charge in [0, 0.05) is 44.5 Å². The Hall–Kier alpha value is -0.950. The van der Waals surface area contributed by atoms with E-state index in [0.29, 0.717) is 12.0 Å². The van der Waals surface area contributed by atoms with Crippen LogP contribution >= 0.6 is 11.8 Å². The number of guanidine groups is 1. The van der Waals surface area contributed by atoms with Crippen molar-refractivity contribution in [3.05, 3.63) is 0 Å². The second-order valence-electron chi connectivity index (χ2n) is 7.15. The SMILES string of the molecule is CCSC1CCCC(NC(=NCC(=O)N(C)C)NCC2CCOC2)C1. The van der Waals surface area contributed by atoms with E-state index in [1.807, 2.05) is 0 Å². The average Bonchev–Trinajstić information content (AvgIpc) is 3.11. The van der Waals surface area contributed by atoms with Crippen molar-refractivity contribution in [2.24, 2.45) is 10.9 Å². The molecule has 0 aromatic heterocycles. The van der Waals surface area contributed by atoms with E-state index in [0.717, 1.165) is 37.4 Å². The van der Waals surface area contributed by atoms with Crippen LogP contribution in [0, 0.1) is 5.92 Å². The molecule has 7 heteroatoms. The normalized spacial score (nSPS) is 27.2. The van der Waals surface area contributed by atoms with E-state index in [2.05, 4.69) is 34.3 Å². The van der Waals surface area contributed by atoms with Crippen LogP contribution in [0.4, 0.5) is 0 Å². The lowest BCUT2D eigenvalue weighted by atomic mass is 9.95. The van der Waals surface area contributed by atoms with Gasteiger partial charge in [0.05, 0.1) is 6.61 Å². The van der Waals surface area contributed by atoms with Crippen LogP contribution in [0.15, 0.2) is 4.99 Å². The Morgan fingerprint density at radius 2 is 2.16 bits per heavy atom. The first-order valence-electron chi connectivity index (χ1n) is 9.52. The number of hydrogen-bond donors (Lipinski definition) is 2. The monoisotopic (exact) mass is 370 g/mol. The molecule has 0 aromatic rings. The third-order valence-electron chi connectivity index (χ3n) is 4.82. The van der Waals surface area contributed by atoms with Crippen molar-refractivity contribution < 1.29 is 9.53 Å². The summed E-state index contributed by atoms with van der Waals surface area (Å²) in [6.45, 7) is 4.93. The summed E-state index contributed by atoms with van der Waals surface area (Å²) in [7, 11) is 3.53. The van der Waals surface area contributed by atoms with Crippen molar-refractivity contribution in [2.75, 3.05) is 46.2 Å². The molecular formula is C18H34N4O2S. The zero-order valence-electron chi connectivity index (χ0n) is 15.9. The smallest absolute Gasteiger partial charge is 0.243 e. The van der Waals surface area contributed by atoms with Crippen molar-refractivity contribution in [1.82, 2.24) is 15.5 Å². The predicted octanol–water partition coefficient (Wildman–Crippen LogP) is 1.71. The van der Waals surface area contributed by atoms with Gasteiger partial charge in [0.25, 0.3) is 0 Å². The fourth-order valence-corrected chi connectivity index (χ4v) is 4.46. The Bertz CT molecular complexity index is 437. The maximum absolute atomic E-state index is 11.9. The van der Waals surface area contributed by atoms with Crippen LogP contribution in [0.1, 0.15) is 39.0 Å². The molecule has 0 aromatic carbocycles. The third-order valence-corrected chi connectivity index (χ3v) is 6.06. The standard InChI is InChI=1S/C18H34N4O2S/c1-4-25-16-7-5-6-15(10-16)21-18(20-12-17(23)22(2)3)19-11-14-8-9-24-13-14/h14-16H,4-13H2,1-3H3,(H2,19,20,21). The highest BCUT2D eigenvalue weighted by molar-refractivity contribution is 7.99. The lowest BCUT2D eigenvalue weighted by Gasteiger charge is -2.30. The molecule has 6 nitrogen and oxygen atoms in total. The van der Waals surface area contributed by atoms with Gasteiger partial charge in [0.1, 0.15) is 6.54 Å². The van der Waals surface area contributed by atoms with Crippen molar-refractivity contribution in [2.45, 2.75) is 50.3 Å². The number of carbonyl (C=O) groups excluding carboxylic acids is 1. The van der Waals surface area contributed by atoms with Crippen molar-refractivity contribution in [3.8, 4) is 0 Å². The van der Waals surface area contributed by atoms with Crippen LogP contribution in [0.3, 0.4) is 0 Å². The fraction of sp³-hybridized carbons (Fsp3) is 0.889. The van der Waals surface area contributed by atoms with Crippen LogP contribution in [-0.2, 0) is 9.53 Å². The van der Waals surface area contributed by atoms with E-state index in [4.69, 9.17) is 4.74 Å². The molecule has 2 fully saturated rings. The van der Waals surface area contributed by atoms with Crippen molar-refractivity contribution in [1.29, 1.82) is 0 Å². The third kappa shape index (κ3) is 7.44. The first kappa shape index (κ1) is 20.4. The van der Waals surface area contributed by atoms with Gasteiger partial charge in [-0.15, -0.1) is 0 Å². The molecule has 144 valence electrons. The van der Waals surface area contributed by atoms with Gasteiger partial charge >= 0.3 is 0 Å². The molecule has 1 saturated heterocycles. The van der Waals surface area contributed by atoms with Crippen molar-refractivity contribution >= 4 is 23.6 Å². The maximum atomic E-state index is 11.9. The van der Waals surface area contributed by atoms with Crippen LogP contribution in [0.5, 0.6) is 0 Å². The Balaban J connectivity index is 1.89. The maximum Gasteiger partial charge on any atom is 0.243 e. The summed E-state index contributed by atoms with van der Waals surface area (Å²) in [4.78, 5) is 18.0. The molecule has 0 spiro atoms. The molecule has 1 amide bonds. The van der Waals surface area contributed by atoms with Gasteiger partial charge in [-0.3, -0.25) is 4.79 Å². The zero-order chi connectivity index (χ0) is 18.1. The number of nitrogens with one attached hydrogen (secondary N) is 2. The van der Waals surface area contributed by atoms with E-state index in [9.17, 15) is 4.79 Å². The minimum absolute atomic E-state index is 0.0216. The summed E-state index contributed by atoms with van der Waals surface area (Å²) in [5, 5.41) is 7.75. The van der Waals surface area contributed by atoms with Crippen LogP contribution in [0.25, 0.3) is 0 Å². The van der Waals surface area contributed by atoms with E-state index < -0.39 is 0 Å². The van der Waals surface area contributed by atoms with Crippen LogP contribution in [-0.4, -0.2) is 74.2 Å². The summed E-state index contributed by atoms with van der Waals surface area (Å²) in [6, 6.07) is 0.443. The average molecular weight is 371 g/mol. The summed E-state index contributed by atoms with van der Waals surface area (Å²) < 4.78 is 5.45. The number of rotatable bonds is 7. The molecule has 1 heterocycles. The number of amides is 1. The molecule has 25 heavy (non-hydrogen) atoms. The highest BCUT2D eigenvalue weighted by Gasteiger charge is 2.23. The molecule has 2 N–H and O–H groups in total. The van der Waals surface area contributed by atoms with Crippen molar-refractivity contribution in [3.63, 3.8) is 0 Å². The van der Waals surface area contributed by atoms with Gasteiger partial charge in [-0.05, 0) is 31.4 Å². The predicted molar refractivity (Wildman–Crippen MR) is 105 cm³/mol. The van der Waals surface area contributed by atoms with E-state index in [-0.39, 0.29) is 12.5 Å². The lowest BCUT2D eigenvalue weighted by Crippen LogP contribution is -2.47. The first-order valence-corrected chi connectivity index (χ1v) is 10.6. The summed E-state index contributed by atoms with van der Waals surface area (Å²) in [6.07, 6.45) is 6.02. The summed E-state index contributed by atoms with van der Waals surface area (Å²) in [5.74, 6) is 2.50. The zero-order valence-corrected chi connectivity index (χ0v) is 16.7. The molecule has 3 unspecified atom stereocenters. The molecule has 2 aliphatic rings. The number of nitrogens with zero attached hydrogens (tertiary/aromatic N) is 2. The number of likely N-dealkylation sites (N-methyl/N-ethyl adjacent to an activating group) is 1. The van der Waals surface area contributed by atoms with E-state index >= 15 is 0 Å². The topological polar surface area (TPSA) is 66.0 Å². The Kier molecular flexibility index (Phi) is 8.89.